The van der Waals surface area contributed by atoms with Crippen molar-refractivity contribution in [2.45, 2.75) is 31.2 Å². The highest BCUT2D eigenvalue weighted by atomic mass is 16.4. The molecule has 0 saturated carbocycles. The zero-order valence-electron chi connectivity index (χ0n) is 18.8. The van der Waals surface area contributed by atoms with Crippen LogP contribution in [-0.2, 0) is 16.0 Å². The van der Waals surface area contributed by atoms with Gasteiger partial charge in [0.2, 0.25) is 5.95 Å². The number of nitrogens with two attached hydrogens (primary N) is 2. The molecule has 0 bridgehead atoms. The van der Waals surface area contributed by atoms with Crippen LogP contribution >= 0.6 is 0 Å². The third-order valence-corrected chi connectivity index (χ3v) is 4.97. The van der Waals surface area contributed by atoms with Crippen LogP contribution in [0.1, 0.15) is 40.4 Å². The Morgan fingerprint density at radius 2 is 1.81 bits per heavy atom. The van der Waals surface area contributed by atoms with Gasteiger partial charge in [0.05, 0.1) is 11.9 Å². The summed E-state index contributed by atoms with van der Waals surface area (Å²) in [7, 11) is 0. The number of nitrogen functional groups attached to an aromatic ring is 2. The normalized spacial score (nSPS) is 12.0. The van der Waals surface area contributed by atoms with E-state index in [1.165, 1.54) is 12.1 Å². The third-order valence-electron chi connectivity index (χ3n) is 4.97. The van der Waals surface area contributed by atoms with Gasteiger partial charge in [-0.15, -0.1) is 12.3 Å². The lowest BCUT2D eigenvalue weighted by Crippen LogP contribution is -2.39. The molecule has 7 N–H and O–H groups in total. The van der Waals surface area contributed by atoms with E-state index in [1.807, 2.05) is 0 Å². The Kier molecular flexibility index (Phi) is 7.95. The first-order valence-electron chi connectivity index (χ1n) is 10.5. The van der Waals surface area contributed by atoms with Crippen LogP contribution in [0.4, 0.5) is 11.8 Å². The number of anilines is 2. The van der Waals surface area contributed by atoms with Gasteiger partial charge < -0.3 is 27.0 Å². The lowest BCUT2D eigenvalue weighted by Gasteiger charge is -2.15. The molecule has 2 heterocycles. The molecule has 12 nitrogen and oxygen atoms in total. The Balaban J connectivity index is 1.76. The van der Waals surface area contributed by atoms with Crippen LogP contribution in [0, 0.1) is 24.2 Å². The molecule has 3 aromatic rings. The summed E-state index contributed by atoms with van der Waals surface area (Å²) in [4.78, 5) is 51.0. The van der Waals surface area contributed by atoms with Gasteiger partial charge in [-0.25, -0.2) is 14.8 Å². The SMILES string of the molecule is C#CCC(Cc1cnc2nc(N)nc(N)c2n1)c1ccc(C(=O)NC(C#CCC(=O)O)C(=O)O)cc1. The summed E-state index contributed by atoms with van der Waals surface area (Å²) in [5.74, 6) is 3.72. The van der Waals surface area contributed by atoms with E-state index in [0.717, 1.165) is 5.56 Å². The van der Waals surface area contributed by atoms with Crippen LogP contribution in [0.15, 0.2) is 30.5 Å². The number of carbonyl (C=O) groups is 3. The quantitative estimate of drug-likeness (QED) is 0.278. The molecule has 2 atom stereocenters. The predicted octanol–water partition coefficient (Wildman–Crippen LogP) is 0.595. The van der Waals surface area contributed by atoms with Crippen molar-refractivity contribution in [3.8, 4) is 24.2 Å². The van der Waals surface area contributed by atoms with Crippen molar-refractivity contribution >= 4 is 40.8 Å². The molecule has 0 aliphatic rings. The number of fused-ring (bicyclic) bond motifs is 1. The largest absolute Gasteiger partial charge is 0.481 e. The number of carboxylic acids is 2. The minimum Gasteiger partial charge on any atom is -0.481 e. The smallest absolute Gasteiger partial charge is 0.338 e. The lowest BCUT2D eigenvalue weighted by molar-refractivity contribution is -0.138. The molecular weight excluding hydrogens is 466 g/mol. The van der Waals surface area contributed by atoms with Gasteiger partial charge >= 0.3 is 11.9 Å². The van der Waals surface area contributed by atoms with Gasteiger partial charge in [0.15, 0.2) is 23.0 Å². The van der Waals surface area contributed by atoms with E-state index < -0.39 is 30.3 Å². The fourth-order valence-electron chi connectivity index (χ4n) is 3.29. The lowest BCUT2D eigenvalue weighted by atomic mass is 9.91. The summed E-state index contributed by atoms with van der Waals surface area (Å²) in [5.41, 5.74) is 13.7. The van der Waals surface area contributed by atoms with E-state index in [0.29, 0.717) is 24.1 Å². The molecule has 0 fully saturated rings. The number of amides is 1. The van der Waals surface area contributed by atoms with Crippen LogP contribution in [0.2, 0.25) is 0 Å². The van der Waals surface area contributed by atoms with Crippen molar-refractivity contribution in [1.82, 2.24) is 25.3 Å². The van der Waals surface area contributed by atoms with Crippen molar-refractivity contribution in [3.63, 3.8) is 0 Å². The summed E-state index contributed by atoms with van der Waals surface area (Å²) in [5, 5.41) is 20.1. The molecule has 0 aliphatic heterocycles. The van der Waals surface area contributed by atoms with Crippen molar-refractivity contribution in [2.75, 3.05) is 11.5 Å². The number of nitrogens with one attached hydrogen (secondary N) is 1. The van der Waals surface area contributed by atoms with E-state index in [9.17, 15) is 19.5 Å². The maximum absolute atomic E-state index is 12.5. The molecule has 1 amide bonds. The average molecular weight is 487 g/mol. The number of carbonyl (C=O) groups excluding carboxylic acids is 1. The van der Waals surface area contributed by atoms with Crippen LogP contribution in [-0.4, -0.2) is 54.0 Å². The van der Waals surface area contributed by atoms with E-state index >= 15 is 0 Å². The van der Waals surface area contributed by atoms with Crippen molar-refractivity contribution in [1.29, 1.82) is 0 Å². The monoisotopic (exact) mass is 487 g/mol. The third kappa shape index (κ3) is 6.42. The molecule has 1 aromatic carbocycles. The molecule has 182 valence electrons. The minimum atomic E-state index is -1.55. The molecule has 3 rings (SSSR count). The van der Waals surface area contributed by atoms with Gasteiger partial charge in [0.1, 0.15) is 6.42 Å². The van der Waals surface area contributed by atoms with Gasteiger partial charge in [-0.2, -0.15) is 9.97 Å². The second-order valence-corrected chi connectivity index (χ2v) is 7.57. The molecule has 0 aliphatic carbocycles. The van der Waals surface area contributed by atoms with E-state index in [-0.39, 0.29) is 28.9 Å². The zero-order chi connectivity index (χ0) is 26.2. The summed E-state index contributed by atoms with van der Waals surface area (Å²) >= 11 is 0. The van der Waals surface area contributed by atoms with E-state index in [4.69, 9.17) is 23.0 Å². The topological polar surface area (TPSA) is 207 Å². The maximum atomic E-state index is 12.5. The molecule has 0 spiro atoms. The minimum absolute atomic E-state index is 0.00151. The van der Waals surface area contributed by atoms with Gasteiger partial charge in [-0.05, 0) is 24.1 Å². The van der Waals surface area contributed by atoms with Crippen LogP contribution in [0.25, 0.3) is 11.2 Å². The van der Waals surface area contributed by atoms with Crippen molar-refractivity contribution in [3.05, 3.63) is 47.3 Å². The van der Waals surface area contributed by atoms with Crippen LogP contribution < -0.4 is 16.8 Å². The van der Waals surface area contributed by atoms with Gasteiger partial charge in [-0.1, -0.05) is 24.0 Å². The first-order chi connectivity index (χ1) is 17.2. The van der Waals surface area contributed by atoms with Crippen LogP contribution in [0.5, 0.6) is 0 Å². The molecule has 36 heavy (non-hydrogen) atoms. The zero-order valence-corrected chi connectivity index (χ0v) is 18.8. The Hall–Kier alpha value is -5.23. The molecule has 0 saturated heterocycles. The molecular formula is C24H21N7O5. The number of hydrogen-bond acceptors (Lipinski definition) is 9. The number of nitrogens with zero attached hydrogens (tertiary/aromatic N) is 4. The van der Waals surface area contributed by atoms with Gasteiger partial charge in [-0.3, -0.25) is 9.59 Å². The number of hydrogen-bond donors (Lipinski definition) is 5. The summed E-state index contributed by atoms with van der Waals surface area (Å²) in [6.07, 6.45) is 7.37. The predicted molar refractivity (Wildman–Crippen MR) is 129 cm³/mol. The van der Waals surface area contributed by atoms with Crippen molar-refractivity contribution in [2.24, 2.45) is 0 Å². The Morgan fingerprint density at radius 1 is 1.08 bits per heavy atom. The molecule has 0 radical (unpaired) electrons. The van der Waals surface area contributed by atoms with Crippen molar-refractivity contribution < 1.29 is 24.6 Å². The Labute approximate surface area is 205 Å². The Bertz CT molecular complexity index is 1420. The number of rotatable bonds is 8. The number of benzene rings is 1. The first kappa shape index (κ1) is 25.4. The molecule has 12 heteroatoms. The second-order valence-electron chi connectivity index (χ2n) is 7.57. The first-order valence-corrected chi connectivity index (χ1v) is 10.5. The van der Waals surface area contributed by atoms with Gasteiger partial charge in [0.25, 0.3) is 5.91 Å². The average Bonchev–Trinajstić information content (AvgIpc) is 2.83. The highest BCUT2D eigenvalue weighted by molar-refractivity contribution is 5.97. The summed E-state index contributed by atoms with van der Waals surface area (Å²) in [6, 6.07) is 4.91. The highest BCUT2D eigenvalue weighted by Crippen LogP contribution is 2.25. The second kappa shape index (κ2) is 11.3. The highest BCUT2D eigenvalue weighted by Gasteiger charge is 2.20. The number of terminal acetylenes is 1. The number of aliphatic carboxylic acids is 2. The fourth-order valence-corrected chi connectivity index (χ4v) is 3.29. The fraction of sp³-hybridized carbons (Fsp3) is 0.208. The molecule has 2 unspecified atom stereocenters. The summed E-state index contributed by atoms with van der Waals surface area (Å²) in [6.45, 7) is 0. The maximum Gasteiger partial charge on any atom is 0.338 e. The molecule has 2 aromatic heterocycles. The summed E-state index contributed by atoms with van der Waals surface area (Å²) < 4.78 is 0. The van der Waals surface area contributed by atoms with E-state index in [2.05, 4.69) is 43.0 Å². The Morgan fingerprint density at radius 3 is 2.44 bits per heavy atom. The van der Waals surface area contributed by atoms with Crippen LogP contribution in [0.3, 0.4) is 0 Å². The number of carboxylic acid groups (broad SMARTS) is 2. The standard InChI is InChI=1S/C24H21N7O5/c1-2-4-15(11-16-12-27-21-19(28-16)20(25)30-24(26)31-21)13-7-9-14(10-8-13)22(34)29-17(23(35)36)5-3-6-18(32)33/h1,7-10,12,15,17H,4,6,11H2,(H,29,34)(H,32,33)(H,35,36)(H4,25,26,27,30,31). The number of aromatic nitrogens is 4. The van der Waals surface area contributed by atoms with Gasteiger partial charge in [0, 0.05) is 17.9 Å². The van der Waals surface area contributed by atoms with E-state index in [1.54, 1.807) is 18.3 Å².